The van der Waals surface area contributed by atoms with Gasteiger partial charge in [-0.2, -0.15) is 0 Å². The molecule has 0 saturated carbocycles. The minimum Gasteiger partial charge on any atom is -0.324 e. The van der Waals surface area contributed by atoms with Crippen molar-refractivity contribution in [2.24, 2.45) is 0 Å². The van der Waals surface area contributed by atoms with Crippen molar-refractivity contribution in [3.05, 3.63) is 89.0 Å². The zero-order valence-electron chi connectivity index (χ0n) is 12.8. The first kappa shape index (κ1) is 14.3. The van der Waals surface area contributed by atoms with Crippen molar-refractivity contribution in [2.75, 3.05) is 0 Å². The molecule has 0 saturated heterocycles. The van der Waals surface area contributed by atoms with Gasteiger partial charge in [-0.1, -0.05) is 48.5 Å². The van der Waals surface area contributed by atoms with Crippen molar-refractivity contribution in [3.63, 3.8) is 0 Å². The zero-order chi connectivity index (χ0) is 15.5. The van der Waals surface area contributed by atoms with Gasteiger partial charge in [0.2, 0.25) is 5.78 Å². The third-order valence-corrected chi connectivity index (χ3v) is 3.96. The number of carbonyl (C=O) groups excluding carboxylic acids is 1. The number of hydrogen-bond acceptors (Lipinski definition) is 2. The summed E-state index contributed by atoms with van der Waals surface area (Å²) in [5.74, 6) is 0.458. The van der Waals surface area contributed by atoms with Gasteiger partial charge < -0.3 is 4.57 Å². The first-order chi connectivity index (χ1) is 10.7. The quantitative estimate of drug-likeness (QED) is 0.685. The molecule has 3 aromatic rings. The molecule has 0 atom stereocenters. The first-order valence-electron chi connectivity index (χ1n) is 7.33. The van der Waals surface area contributed by atoms with Crippen LogP contribution in [0.4, 0.5) is 0 Å². The van der Waals surface area contributed by atoms with Crippen molar-refractivity contribution in [2.45, 2.75) is 20.4 Å². The number of hydrogen-bond donors (Lipinski definition) is 0. The van der Waals surface area contributed by atoms with Crippen molar-refractivity contribution in [3.8, 4) is 0 Å². The maximum atomic E-state index is 12.8. The fourth-order valence-corrected chi connectivity index (χ4v) is 2.54. The Labute approximate surface area is 130 Å². The molecule has 110 valence electrons. The van der Waals surface area contributed by atoms with Gasteiger partial charge in [0, 0.05) is 24.5 Å². The third kappa shape index (κ3) is 2.70. The Morgan fingerprint density at radius 1 is 1.05 bits per heavy atom. The van der Waals surface area contributed by atoms with Crippen LogP contribution in [0.1, 0.15) is 32.9 Å². The van der Waals surface area contributed by atoms with E-state index in [-0.39, 0.29) is 5.78 Å². The van der Waals surface area contributed by atoms with Gasteiger partial charge in [0.25, 0.3) is 0 Å². The summed E-state index contributed by atoms with van der Waals surface area (Å²) in [4.78, 5) is 17.1. The van der Waals surface area contributed by atoms with E-state index in [0.717, 1.165) is 22.3 Å². The average Bonchev–Trinajstić information content (AvgIpc) is 2.98. The smallest absolute Gasteiger partial charge is 0.228 e. The molecule has 1 aromatic heterocycles. The molecule has 0 fully saturated rings. The van der Waals surface area contributed by atoms with E-state index < -0.39 is 0 Å². The van der Waals surface area contributed by atoms with E-state index in [4.69, 9.17) is 0 Å². The molecule has 3 rings (SSSR count). The Hall–Kier alpha value is -2.68. The summed E-state index contributed by atoms with van der Waals surface area (Å²) in [6, 6.07) is 15.9. The lowest BCUT2D eigenvalue weighted by Gasteiger charge is -2.10. The molecule has 1 heterocycles. The molecule has 0 unspecified atom stereocenters. The van der Waals surface area contributed by atoms with Crippen molar-refractivity contribution in [1.82, 2.24) is 9.55 Å². The monoisotopic (exact) mass is 290 g/mol. The largest absolute Gasteiger partial charge is 0.324 e. The predicted molar refractivity (Wildman–Crippen MR) is 87.1 cm³/mol. The van der Waals surface area contributed by atoms with Crippen LogP contribution >= 0.6 is 0 Å². The number of ketones is 1. The Morgan fingerprint density at radius 2 is 1.82 bits per heavy atom. The Morgan fingerprint density at radius 3 is 2.59 bits per heavy atom. The molecule has 0 spiro atoms. The number of carbonyl (C=O) groups is 1. The van der Waals surface area contributed by atoms with Crippen LogP contribution in [0.2, 0.25) is 0 Å². The average molecular weight is 290 g/mol. The molecular formula is C19H18N2O. The molecule has 0 aliphatic heterocycles. The summed E-state index contributed by atoms with van der Waals surface area (Å²) < 4.78 is 1.90. The molecule has 22 heavy (non-hydrogen) atoms. The maximum absolute atomic E-state index is 12.8. The topological polar surface area (TPSA) is 34.9 Å². The summed E-state index contributed by atoms with van der Waals surface area (Å²) >= 11 is 0. The summed E-state index contributed by atoms with van der Waals surface area (Å²) in [6.45, 7) is 4.64. The van der Waals surface area contributed by atoms with Crippen LogP contribution in [-0.4, -0.2) is 15.3 Å². The Balaban J connectivity index is 1.95. The fourth-order valence-electron chi connectivity index (χ4n) is 2.54. The van der Waals surface area contributed by atoms with Crippen molar-refractivity contribution in [1.29, 1.82) is 0 Å². The number of benzene rings is 2. The highest BCUT2D eigenvalue weighted by Crippen LogP contribution is 2.17. The van der Waals surface area contributed by atoms with Crippen LogP contribution in [-0.2, 0) is 6.54 Å². The molecule has 0 aliphatic rings. The van der Waals surface area contributed by atoms with Crippen molar-refractivity contribution >= 4 is 5.78 Å². The van der Waals surface area contributed by atoms with Gasteiger partial charge in [-0.25, -0.2) is 4.98 Å². The summed E-state index contributed by atoms with van der Waals surface area (Å²) in [5, 5.41) is 0. The number of imidazole rings is 1. The molecule has 0 amide bonds. The van der Waals surface area contributed by atoms with Crippen LogP contribution in [0.15, 0.2) is 60.9 Å². The van der Waals surface area contributed by atoms with E-state index in [0.29, 0.717) is 12.4 Å². The standard InChI is InChI=1S/C19H18N2O/c1-14-7-6-10-17(15(14)2)18(22)19-20-11-12-21(19)13-16-8-4-3-5-9-16/h3-12H,13H2,1-2H3. The number of aryl methyl sites for hydroxylation is 1. The molecular weight excluding hydrogens is 272 g/mol. The van der Waals surface area contributed by atoms with Gasteiger partial charge in [0.05, 0.1) is 0 Å². The zero-order valence-corrected chi connectivity index (χ0v) is 12.8. The highest BCUT2D eigenvalue weighted by molar-refractivity contribution is 6.07. The van der Waals surface area contributed by atoms with E-state index >= 15 is 0 Å². The molecule has 2 aromatic carbocycles. The normalized spacial score (nSPS) is 10.6. The van der Waals surface area contributed by atoms with E-state index in [1.807, 2.05) is 73.1 Å². The minimum absolute atomic E-state index is 0.0258. The minimum atomic E-state index is -0.0258. The fraction of sp³-hybridized carbons (Fsp3) is 0.158. The van der Waals surface area contributed by atoms with E-state index in [9.17, 15) is 4.79 Å². The van der Waals surface area contributed by atoms with Crippen molar-refractivity contribution < 1.29 is 4.79 Å². The SMILES string of the molecule is Cc1cccc(C(=O)c2nccn2Cc2ccccc2)c1C. The van der Waals surface area contributed by atoms with Crippen LogP contribution in [0.5, 0.6) is 0 Å². The van der Waals surface area contributed by atoms with E-state index in [1.165, 1.54) is 0 Å². The lowest BCUT2D eigenvalue weighted by atomic mass is 10.00. The maximum Gasteiger partial charge on any atom is 0.228 e. The molecule has 0 aliphatic carbocycles. The van der Waals surface area contributed by atoms with Gasteiger partial charge in [0.15, 0.2) is 5.82 Å². The molecule has 3 nitrogen and oxygen atoms in total. The third-order valence-electron chi connectivity index (χ3n) is 3.96. The lowest BCUT2D eigenvalue weighted by Crippen LogP contribution is -2.13. The summed E-state index contributed by atoms with van der Waals surface area (Å²) in [7, 11) is 0. The molecule has 0 N–H and O–H groups in total. The second kappa shape index (κ2) is 5.98. The molecule has 3 heteroatoms. The van der Waals surface area contributed by atoms with E-state index in [2.05, 4.69) is 4.98 Å². The highest BCUT2D eigenvalue weighted by atomic mass is 16.1. The number of nitrogens with zero attached hydrogens (tertiary/aromatic N) is 2. The van der Waals surface area contributed by atoms with E-state index in [1.54, 1.807) is 6.20 Å². The first-order valence-corrected chi connectivity index (χ1v) is 7.33. The van der Waals surface area contributed by atoms with Gasteiger partial charge in [0.1, 0.15) is 0 Å². The highest BCUT2D eigenvalue weighted by Gasteiger charge is 2.17. The van der Waals surface area contributed by atoms with Gasteiger partial charge in [-0.05, 0) is 30.5 Å². The van der Waals surface area contributed by atoms with Gasteiger partial charge >= 0.3 is 0 Å². The summed E-state index contributed by atoms with van der Waals surface area (Å²) in [5.41, 5.74) is 4.00. The number of rotatable bonds is 4. The Kier molecular flexibility index (Phi) is 3.88. The summed E-state index contributed by atoms with van der Waals surface area (Å²) in [6.07, 6.45) is 3.53. The van der Waals surface area contributed by atoms with Crippen LogP contribution in [0.3, 0.4) is 0 Å². The van der Waals surface area contributed by atoms with Crippen LogP contribution < -0.4 is 0 Å². The van der Waals surface area contributed by atoms with Crippen LogP contribution in [0.25, 0.3) is 0 Å². The van der Waals surface area contributed by atoms with Gasteiger partial charge in [-0.3, -0.25) is 4.79 Å². The van der Waals surface area contributed by atoms with Gasteiger partial charge in [-0.15, -0.1) is 0 Å². The van der Waals surface area contributed by atoms with Crippen LogP contribution in [0, 0.1) is 13.8 Å². The molecule has 0 radical (unpaired) electrons. The number of aromatic nitrogens is 2. The predicted octanol–water partition coefficient (Wildman–Crippen LogP) is 3.78. The second-order valence-corrected chi connectivity index (χ2v) is 5.44. The lowest BCUT2D eigenvalue weighted by molar-refractivity contribution is 0.102. The Bertz CT molecular complexity index is 803. The molecule has 0 bridgehead atoms. The second-order valence-electron chi connectivity index (χ2n) is 5.44.